The third kappa shape index (κ3) is 2.03. The normalized spacial score (nSPS) is 9.69. The molecule has 0 saturated heterocycles. The second-order valence-electron chi connectivity index (χ2n) is 3.01. The molecule has 0 heterocycles. The summed E-state index contributed by atoms with van der Waals surface area (Å²) in [7, 11) is 4.35. The first-order valence-electron chi connectivity index (χ1n) is 4.64. The van der Waals surface area contributed by atoms with Crippen molar-refractivity contribution in [3.05, 3.63) is 11.6 Å². The number of rotatable bonds is 5. The van der Waals surface area contributed by atoms with Gasteiger partial charge in [-0.1, -0.05) is 0 Å². The summed E-state index contributed by atoms with van der Waals surface area (Å²) in [5, 5.41) is 9.71. The third-order valence-electron chi connectivity index (χ3n) is 2.20. The number of carbonyl (C=O) groups excluding carboxylic acids is 1. The molecule has 0 aliphatic heterocycles. The second kappa shape index (κ2) is 5.25. The van der Waals surface area contributed by atoms with Crippen LogP contribution in [0.5, 0.6) is 23.0 Å². The van der Waals surface area contributed by atoms with Crippen LogP contribution in [0.3, 0.4) is 0 Å². The molecule has 1 rings (SSSR count). The topological polar surface area (TPSA) is 65.0 Å². The minimum absolute atomic E-state index is 0.0510. The Kier molecular flexibility index (Phi) is 3.99. The van der Waals surface area contributed by atoms with Gasteiger partial charge in [0.15, 0.2) is 11.5 Å². The summed E-state index contributed by atoms with van der Waals surface area (Å²) in [5.74, 6) is 0.971. The van der Waals surface area contributed by atoms with Crippen LogP contribution in [0.2, 0.25) is 0 Å². The number of aldehydes is 1. The quantitative estimate of drug-likeness (QED) is 0.763. The molecular weight excluding hydrogens is 212 g/mol. The van der Waals surface area contributed by atoms with Crippen molar-refractivity contribution in [3.63, 3.8) is 0 Å². The molecule has 1 aromatic carbocycles. The van der Waals surface area contributed by atoms with Crippen LogP contribution in [0, 0.1) is 0 Å². The zero-order valence-electron chi connectivity index (χ0n) is 9.44. The first-order chi connectivity index (χ1) is 7.69. The van der Waals surface area contributed by atoms with E-state index in [0.29, 0.717) is 29.1 Å². The van der Waals surface area contributed by atoms with E-state index in [0.717, 1.165) is 0 Å². The van der Waals surface area contributed by atoms with Crippen LogP contribution >= 0.6 is 0 Å². The fourth-order valence-electron chi connectivity index (χ4n) is 1.48. The number of phenolic OH excluding ortho intramolecular Hbond substituents is 1. The molecule has 0 fully saturated rings. The van der Waals surface area contributed by atoms with Crippen molar-refractivity contribution in [2.45, 2.75) is 6.42 Å². The highest BCUT2D eigenvalue weighted by Gasteiger charge is 2.19. The lowest BCUT2D eigenvalue weighted by Crippen LogP contribution is -2.00. The molecule has 0 bridgehead atoms. The summed E-state index contributed by atoms with van der Waals surface area (Å²) in [5.41, 5.74) is 0.384. The van der Waals surface area contributed by atoms with Crippen molar-refractivity contribution in [1.82, 2.24) is 0 Å². The molecule has 1 N–H and O–H groups in total. The van der Waals surface area contributed by atoms with Crippen molar-refractivity contribution in [1.29, 1.82) is 0 Å². The van der Waals surface area contributed by atoms with Gasteiger partial charge in [-0.25, -0.2) is 0 Å². The van der Waals surface area contributed by atoms with E-state index in [1.54, 1.807) is 0 Å². The van der Waals surface area contributed by atoms with Crippen LogP contribution in [0.25, 0.3) is 0 Å². The van der Waals surface area contributed by atoms with E-state index in [2.05, 4.69) is 0 Å². The standard InChI is InChI=1S/C11H14O5/c1-14-9-6-8(13)7(4-5-12)10(15-2)11(9)16-3/h5-6,13H,4H2,1-3H3. The summed E-state index contributed by atoms with van der Waals surface area (Å²) < 4.78 is 15.3. The monoisotopic (exact) mass is 226 g/mol. The average molecular weight is 226 g/mol. The summed E-state index contributed by atoms with van der Waals surface area (Å²) in [4.78, 5) is 10.5. The van der Waals surface area contributed by atoms with E-state index in [1.807, 2.05) is 0 Å². The molecule has 0 saturated carbocycles. The number of aromatic hydroxyl groups is 1. The van der Waals surface area contributed by atoms with Crippen molar-refractivity contribution in [2.75, 3.05) is 21.3 Å². The van der Waals surface area contributed by atoms with Crippen molar-refractivity contribution in [3.8, 4) is 23.0 Å². The van der Waals surface area contributed by atoms with Gasteiger partial charge in [0.25, 0.3) is 0 Å². The van der Waals surface area contributed by atoms with E-state index < -0.39 is 0 Å². The number of benzene rings is 1. The van der Waals surface area contributed by atoms with Crippen molar-refractivity contribution in [2.24, 2.45) is 0 Å². The van der Waals surface area contributed by atoms with Crippen molar-refractivity contribution >= 4 is 6.29 Å². The third-order valence-corrected chi connectivity index (χ3v) is 2.20. The molecule has 0 aromatic heterocycles. The Hall–Kier alpha value is -1.91. The lowest BCUT2D eigenvalue weighted by molar-refractivity contribution is -0.107. The molecule has 5 heteroatoms. The number of carbonyl (C=O) groups is 1. The van der Waals surface area contributed by atoms with Gasteiger partial charge in [-0.05, 0) is 0 Å². The highest BCUT2D eigenvalue weighted by molar-refractivity contribution is 5.67. The highest BCUT2D eigenvalue weighted by Crippen LogP contribution is 2.44. The Morgan fingerprint density at radius 1 is 1.19 bits per heavy atom. The second-order valence-corrected chi connectivity index (χ2v) is 3.01. The lowest BCUT2D eigenvalue weighted by atomic mass is 10.1. The molecule has 0 aliphatic rings. The van der Waals surface area contributed by atoms with Crippen LogP contribution in [0.15, 0.2) is 6.07 Å². The Balaban J connectivity index is 3.44. The number of hydrogen-bond acceptors (Lipinski definition) is 5. The predicted molar refractivity (Wildman–Crippen MR) is 57.5 cm³/mol. The first kappa shape index (κ1) is 12.2. The maximum Gasteiger partial charge on any atom is 0.203 e. The van der Waals surface area contributed by atoms with Gasteiger partial charge in [-0.2, -0.15) is 0 Å². The number of phenols is 1. The molecule has 16 heavy (non-hydrogen) atoms. The van der Waals surface area contributed by atoms with Gasteiger partial charge in [-0.3, -0.25) is 0 Å². The van der Waals surface area contributed by atoms with Gasteiger partial charge in [0.2, 0.25) is 5.75 Å². The van der Waals surface area contributed by atoms with Crippen molar-refractivity contribution < 1.29 is 24.1 Å². The molecule has 0 aliphatic carbocycles. The fraction of sp³-hybridized carbons (Fsp3) is 0.364. The molecule has 5 nitrogen and oxygen atoms in total. The van der Waals surface area contributed by atoms with E-state index in [4.69, 9.17) is 14.2 Å². The number of methoxy groups -OCH3 is 3. The maximum atomic E-state index is 10.5. The molecule has 0 amide bonds. The molecule has 0 radical (unpaired) electrons. The first-order valence-corrected chi connectivity index (χ1v) is 4.64. The van der Waals surface area contributed by atoms with Gasteiger partial charge < -0.3 is 24.1 Å². The van der Waals surface area contributed by atoms with Gasteiger partial charge >= 0.3 is 0 Å². The maximum absolute atomic E-state index is 10.5. The fourth-order valence-corrected chi connectivity index (χ4v) is 1.48. The van der Waals surface area contributed by atoms with E-state index >= 15 is 0 Å². The average Bonchev–Trinajstić information content (AvgIpc) is 2.30. The van der Waals surface area contributed by atoms with Gasteiger partial charge in [0, 0.05) is 18.1 Å². The number of ether oxygens (including phenoxy) is 3. The largest absolute Gasteiger partial charge is 0.507 e. The lowest BCUT2D eigenvalue weighted by Gasteiger charge is -2.15. The number of hydrogen-bond donors (Lipinski definition) is 1. The van der Waals surface area contributed by atoms with E-state index in [1.165, 1.54) is 27.4 Å². The SMILES string of the molecule is COc1cc(O)c(CC=O)c(OC)c1OC. The Morgan fingerprint density at radius 3 is 2.25 bits per heavy atom. The zero-order valence-corrected chi connectivity index (χ0v) is 9.44. The molecule has 0 spiro atoms. The Bertz CT molecular complexity index is 386. The minimum atomic E-state index is -0.0541. The van der Waals surface area contributed by atoms with Gasteiger partial charge in [0.05, 0.1) is 21.3 Å². The molecule has 88 valence electrons. The summed E-state index contributed by atoms with van der Waals surface area (Å²) >= 11 is 0. The van der Waals surface area contributed by atoms with Crippen LogP contribution in [0.1, 0.15) is 5.56 Å². The molecule has 0 unspecified atom stereocenters. The Labute approximate surface area is 93.6 Å². The summed E-state index contributed by atoms with van der Waals surface area (Å²) in [6, 6.07) is 1.39. The molecule has 1 aromatic rings. The predicted octanol–water partition coefficient (Wildman–Crippen LogP) is 1.16. The van der Waals surface area contributed by atoms with Crippen LogP contribution < -0.4 is 14.2 Å². The van der Waals surface area contributed by atoms with E-state index in [-0.39, 0.29) is 12.2 Å². The summed E-state index contributed by atoms with van der Waals surface area (Å²) in [6.45, 7) is 0. The van der Waals surface area contributed by atoms with Gasteiger partial charge in [0.1, 0.15) is 12.0 Å². The van der Waals surface area contributed by atoms with Crippen LogP contribution in [0.4, 0.5) is 0 Å². The van der Waals surface area contributed by atoms with Gasteiger partial charge in [-0.15, -0.1) is 0 Å². The zero-order chi connectivity index (χ0) is 12.1. The molecule has 0 atom stereocenters. The van der Waals surface area contributed by atoms with Crippen LogP contribution in [-0.2, 0) is 11.2 Å². The summed E-state index contributed by atoms with van der Waals surface area (Å²) in [6.07, 6.45) is 0.735. The Morgan fingerprint density at radius 2 is 1.81 bits per heavy atom. The van der Waals surface area contributed by atoms with Crippen LogP contribution in [-0.4, -0.2) is 32.7 Å². The molecular formula is C11H14O5. The van der Waals surface area contributed by atoms with E-state index in [9.17, 15) is 9.90 Å². The highest BCUT2D eigenvalue weighted by atomic mass is 16.5. The minimum Gasteiger partial charge on any atom is -0.507 e. The smallest absolute Gasteiger partial charge is 0.203 e.